The molecule has 2 atom stereocenters. The van der Waals surface area contributed by atoms with E-state index in [0.29, 0.717) is 22.4 Å². The first kappa shape index (κ1) is 15.6. The van der Waals surface area contributed by atoms with Crippen molar-refractivity contribution in [3.8, 4) is 0 Å². The molecular formula is C21H22N4O. The van der Waals surface area contributed by atoms with Gasteiger partial charge < -0.3 is 4.98 Å². The van der Waals surface area contributed by atoms with Crippen molar-refractivity contribution in [1.82, 2.24) is 14.6 Å². The van der Waals surface area contributed by atoms with E-state index in [9.17, 15) is 4.79 Å². The van der Waals surface area contributed by atoms with Gasteiger partial charge in [-0.05, 0) is 54.7 Å². The van der Waals surface area contributed by atoms with Crippen LogP contribution in [0.15, 0.2) is 46.1 Å². The summed E-state index contributed by atoms with van der Waals surface area (Å²) in [6, 6.07) is 6.06. The highest BCUT2D eigenvalue weighted by atomic mass is 16.1. The molecular weight excluding hydrogens is 324 g/mol. The van der Waals surface area contributed by atoms with Crippen LogP contribution in [0.25, 0.3) is 21.9 Å². The van der Waals surface area contributed by atoms with E-state index in [0.717, 1.165) is 28.8 Å². The number of benzene rings is 1. The Bertz CT molecular complexity index is 1160. The molecule has 132 valence electrons. The molecule has 26 heavy (non-hydrogen) atoms. The topological polar surface area (TPSA) is 63.0 Å². The number of nitrogens with one attached hydrogen (secondary N) is 1. The minimum Gasteiger partial charge on any atom is -0.349 e. The number of allylic oxidation sites excluding steroid dienone is 2. The second-order valence-corrected chi connectivity index (χ2v) is 8.28. The van der Waals surface area contributed by atoms with Gasteiger partial charge in [-0.3, -0.25) is 4.79 Å². The quantitative estimate of drug-likeness (QED) is 0.713. The molecule has 1 fully saturated rings. The van der Waals surface area contributed by atoms with Crippen molar-refractivity contribution in [3.05, 3.63) is 52.1 Å². The van der Waals surface area contributed by atoms with E-state index in [1.807, 2.05) is 25.3 Å². The molecule has 0 radical (unpaired) electrons. The van der Waals surface area contributed by atoms with Crippen LogP contribution in [0.5, 0.6) is 0 Å². The number of aromatic amines is 1. The van der Waals surface area contributed by atoms with Crippen LogP contribution in [0, 0.1) is 24.2 Å². The molecule has 5 nitrogen and oxygen atoms in total. The summed E-state index contributed by atoms with van der Waals surface area (Å²) in [5.74, 6) is 1.34. The zero-order valence-electron chi connectivity index (χ0n) is 15.3. The van der Waals surface area contributed by atoms with Crippen molar-refractivity contribution in [1.29, 1.82) is 0 Å². The van der Waals surface area contributed by atoms with Gasteiger partial charge in [0, 0.05) is 10.9 Å². The highest BCUT2D eigenvalue weighted by molar-refractivity contribution is 6.04. The van der Waals surface area contributed by atoms with E-state index in [1.165, 1.54) is 23.0 Å². The molecule has 2 heterocycles. The molecule has 1 saturated carbocycles. The Morgan fingerprint density at radius 2 is 2.23 bits per heavy atom. The Hall–Kier alpha value is -2.69. The largest absolute Gasteiger partial charge is 0.349 e. The molecule has 0 spiro atoms. The zero-order chi connectivity index (χ0) is 18.1. The maximum Gasteiger partial charge on any atom is 0.298 e. The molecule has 0 aliphatic heterocycles. The van der Waals surface area contributed by atoms with Crippen LogP contribution in [0.3, 0.4) is 0 Å². The fraction of sp³-hybridized carbons (Fsp3) is 0.381. The van der Waals surface area contributed by atoms with Crippen LogP contribution in [0.4, 0.5) is 0 Å². The van der Waals surface area contributed by atoms with Crippen molar-refractivity contribution in [2.45, 2.75) is 33.6 Å². The van der Waals surface area contributed by atoms with Gasteiger partial charge in [0.25, 0.3) is 5.56 Å². The molecule has 3 aliphatic carbocycles. The standard InChI is InChI=1S/C21H22N4O/c1-12-4-7-17-15(8-12)18-19(24-17)20(26)25(11-22-18)23-10-13-5-6-14-9-16(13)21(14,2)3/h4-5,7-8,10-11,14,16,24H,6,9H2,1-3H3/b23-10-/t14-,16-/m0/s1. The van der Waals surface area contributed by atoms with Crippen LogP contribution < -0.4 is 5.56 Å². The Morgan fingerprint density at radius 1 is 1.38 bits per heavy atom. The lowest BCUT2D eigenvalue weighted by Crippen LogP contribution is -2.48. The van der Waals surface area contributed by atoms with Crippen LogP contribution in [-0.4, -0.2) is 20.9 Å². The Morgan fingerprint density at radius 3 is 3.00 bits per heavy atom. The van der Waals surface area contributed by atoms with Gasteiger partial charge in [-0.25, -0.2) is 4.98 Å². The number of H-pyrrole nitrogens is 1. The van der Waals surface area contributed by atoms with Crippen molar-refractivity contribution < 1.29 is 0 Å². The fourth-order valence-corrected chi connectivity index (χ4v) is 4.62. The molecule has 0 unspecified atom stereocenters. The summed E-state index contributed by atoms with van der Waals surface area (Å²) in [5, 5.41) is 5.41. The zero-order valence-corrected chi connectivity index (χ0v) is 15.3. The molecule has 6 rings (SSSR count). The smallest absolute Gasteiger partial charge is 0.298 e. The first-order chi connectivity index (χ1) is 12.4. The molecule has 1 N–H and O–H groups in total. The third-order valence-electron chi connectivity index (χ3n) is 6.49. The SMILES string of the molecule is Cc1ccc2[nH]c3c(=O)n(/N=C\C4=CC[C@H]5C[C@@H]4C5(C)C)cnc3c2c1. The number of hydrogen-bond acceptors (Lipinski definition) is 3. The van der Waals surface area contributed by atoms with Crippen molar-refractivity contribution >= 4 is 28.2 Å². The number of nitrogens with zero attached hydrogens (tertiary/aromatic N) is 3. The highest BCUT2D eigenvalue weighted by Gasteiger charge is 2.50. The Kier molecular flexibility index (Phi) is 3.09. The fourth-order valence-electron chi connectivity index (χ4n) is 4.62. The van der Waals surface area contributed by atoms with E-state index >= 15 is 0 Å². The van der Waals surface area contributed by atoms with E-state index < -0.39 is 0 Å². The predicted molar refractivity (Wildman–Crippen MR) is 105 cm³/mol. The average molecular weight is 346 g/mol. The normalized spacial score (nSPS) is 24.2. The average Bonchev–Trinajstić information content (AvgIpc) is 3.00. The molecule has 5 heteroatoms. The predicted octanol–water partition coefficient (Wildman–Crippen LogP) is 4.01. The number of aryl methyl sites for hydroxylation is 1. The summed E-state index contributed by atoms with van der Waals surface area (Å²) >= 11 is 0. The molecule has 2 bridgehead atoms. The van der Waals surface area contributed by atoms with Gasteiger partial charge in [0.15, 0.2) is 0 Å². The van der Waals surface area contributed by atoms with Gasteiger partial charge in [-0.2, -0.15) is 9.78 Å². The first-order valence-electron chi connectivity index (χ1n) is 9.19. The second-order valence-electron chi connectivity index (χ2n) is 8.28. The Labute approximate surface area is 151 Å². The molecule has 2 aromatic heterocycles. The van der Waals surface area contributed by atoms with E-state index in [-0.39, 0.29) is 5.56 Å². The monoisotopic (exact) mass is 346 g/mol. The Balaban J connectivity index is 1.56. The number of fused-ring (bicyclic) bond motifs is 4. The van der Waals surface area contributed by atoms with E-state index in [1.54, 1.807) is 0 Å². The first-order valence-corrected chi connectivity index (χ1v) is 9.19. The van der Waals surface area contributed by atoms with Gasteiger partial charge >= 0.3 is 0 Å². The summed E-state index contributed by atoms with van der Waals surface area (Å²) < 4.78 is 1.34. The maximum atomic E-state index is 12.8. The van der Waals surface area contributed by atoms with Gasteiger partial charge in [0.1, 0.15) is 17.4 Å². The highest BCUT2D eigenvalue weighted by Crippen LogP contribution is 2.58. The molecule has 3 aliphatic rings. The molecule has 1 aromatic carbocycles. The number of aromatic nitrogens is 3. The van der Waals surface area contributed by atoms with Gasteiger partial charge in [-0.1, -0.05) is 31.6 Å². The summed E-state index contributed by atoms with van der Waals surface area (Å²) in [4.78, 5) is 20.5. The summed E-state index contributed by atoms with van der Waals surface area (Å²) in [7, 11) is 0. The van der Waals surface area contributed by atoms with Crippen molar-refractivity contribution in [2.24, 2.45) is 22.4 Å². The lowest BCUT2D eigenvalue weighted by Gasteiger charge is -2.55. The van der Waals surface area contributed by atoms with E-state index in [4.69, 9.17) is 0 Å². The number of rotatable bonds is 2. The van der Waals surface area contributed by atoms with Gasteiger partial charge in [0.05, 0.1) is 6.21 Å². The summed E-state index contributed by atoms with van der Waals surface area (Å²) in [6.07, 6.45) is 7.99. The summed E-state index contributed by atoms with van der Waals surface area (Å²) in [5.41, 5.74) is 4.71. The lowest BCUT2D eigenvalue weighted by atomic mass is 9.49. The number of hydrogen-bond donors (Lipinski definition) is 1. The third-order valence-corrected chi connectivity index (χ3v) is 6.49. The lowest BCUT2D eigenvalue weighted by molar-refractivity contribution is -0.00127. The van der Waals surface area contributed by atoms with E-state index in [2.05, 4.69) is 41.1 Å². The minimum atomic E-state index is -0.165. The van der Waals surface area contributed by atoms with Gasteiger partial charge in [0.2, 0.25) is 0 Å². The van der Waals surface area contributed by atoms with Crippen LogP contribution in [0.1, 0.15) is 32.3 Å². The van der Waals surface area contributed by atoms with Crippen LogP contribution >= 0.6 is 0 Å². The van der Waals surface area contributed by atoms with Crippen molar-refractivity contribution in [2.75, 3.05) is 0 Å². The van der Waals surface area contributed by atoms with Crippen LogP contribution in [-0.2, 0) is 0 Å². The van der Waals surface area contributed by atoms with Crippen LogP contribution in [0.2, 0.25) is 0 Å². The third kappa shape index (κ3) is 2.06. The maximum absolute atomic E-state index is 12.8. The molecule has 3 aromatic rings. The van der Waals surface area contributed by atoms with Gasteiger partial charge in [-0.15, -0.1) is 0 Å². The minimum absolute atomic E-state index is 0.165. The second kappa shape index (κ2) is 5.16. The van der Waals surface area contributed by atoms with Crippen molar-refractivity contribution in [3.63, 3.8) is 0 Å². The summed E-state index contributed by atoms with van der Waals surface area (Å²) in [6.45, 7) is 6.70. The molecule has 0 saturated heterocycles. The molecule has 0 amide bonds.